The van der Waals surface area contributed by atoms with Gasteiger partial charge in [-0.1, -0.05) is 29.7 Å². The molecule has 0 saturated carbocycles. The Hall–Kier alpha value is -1.90. The van der Waals surface area contributed by atoms with Crippen LogP contribution in [0.15, 0.2) is 41.8 Å². The molecule has 0 radical (unpaired) electrons. The molecule has 1 aromatic carbocycles. The third kappa shape index (κ3) is 4.34. The third-order valence-electron chi connectivity index (χ3n) is 2.42. The zero-order valence-electron chi connectivity index (χ0n) is 10.7. The quantitative estimate of drug-likeness (QED) is 0.534. The lowest BCUT2D eigenvalue weighted by molar-refractivity contribution is 0.305. The van der Waals surface area contributed by atoms with Gasteiger partial charge in [-0.3, -0.25) is 0 Å². The van der Waals surface area contributed by atoms with Crippen LogP contribution in [0.4, 0.5) is 4.39 Å². The van der Waals surface area contributed by atoms with Gasteiger partial charge in [0.25, 0.3) is 0 Å². The Balaban J connectivity index is 2.01. The SMILES string of the molecule is OCCC#Cc1ccc(CSc2ncccn2)c(F)c1. The Bertz CT molecular complexity index is 623. The highest BCUT2D eigenvalue weighted by Crippen LogP contribution is 2.21. The standard InChI is InChI=1S/C15H13FN2OS/c16-14-10-12(4-1-2-9-19)5-6-13(14)11-20-15-17-7-3-8-18-15/h3,5-8,10,19H,2,9,11H2. The van der Waals surface area contributed by atoms with Gasteiger partial charge >= 0.3 is 0 Å². The molecule has 0 bridgehead atoms. The zero-order valence-corrected chi connectivity index (χ0v) is 11.5. The van der Waals surface area contributed by atoms with Crippen LogP contribution in [0.1, 0.15) is 17.5 Å². The zero-order chi connectivity index (χ0) is 14.2. The predicted octanol–water partition coefficient (Wildman–Crippen LogP) is 2.64. The highest BCUT2D eigenvalue weighted by atomic mass is 32.2. The maximum absolute atomic E-state index is 13.9. The van der Waals surface area contributed by atoms with Crippen LogP contribution in [0.5, 0.6) is 0 Å². The van der Waals surface area contributed by atoms with Crippen molar-refractivity contribution in [3.05, 3.63) is 53.6 Å². The first-order valence-electron chi connectivity index (χ1n) is 6.07. The molecule has 20 heavy (non-hydrogen) atoms. The first-order chi connectivity index (χ1) is 9.79. The van der Waals surface area contributed by atoms with E-state index in [1.807, 2.05) is 0 Å². The van der Waals surface area contributed by atoms with E-state index in [2.05, 4.69) is 21.8 Å². The molecule has 102 valence electrons. The van der Waals surface area contributed by atoms with E-state index in [9.17, 15) is 4.39 Å². The van der Waals surface area contributed by atoms with Crippen molar-refractivity contribution in [2.75, 3.05) is 6.61 Å². The molecule has 0 spiro atoms. The van der Waals surface area contributed by atoms with Gasteiger partial charge < -0.3 is 5.11 Å². The largest absolute Gasteiger partial charge is 0.395 e. The number of aliphatic hydroxyl groups is 1. The molecule has 0 aliphatic heterocycles. The van der Waals surface area contributed by atoms with Gasteiger partial charge in [-0.25, -0.2) is 14.4 Å². The van der Waals surface area contributed by atoms with E-state index in [1.54, 1.807) is 30.6 Å². The summed E-state index contributed by atoms with van der Waals surface area (Å²) < 4.78 is 13.9. The molecular formula is C15H13FN2OS. The number of halogens is 1. The summed E-state index contributed by atoms with van der Waals surface area (Å²) in [4.78, 5) is 8.15. The second-order valence-electron chi connectivity index (χ2n) is 3.90. The maximum Gasteiger partial charge on any atom is 0.187 e. The Morgan fingerprint density at radius 1 is 1.25 bits per heavy atom. The molecule has 1 N–H and O–H groups in total. The number of rotatable bonds is 4. The number of aromatic nitrogens is 2. The van der Waals surface area contributed by atoms with Crippen LogP contribution < -0.4 is 0 Å². The minimum atomic E-state index is -0.288. The number of thioether (sulfide) groups is 1. The Labute approximate surface area is 121 Å². The van der Waals surface area contributed by atoms with E-state index in [0.717, 1.165) is 0 Å². The van der Waals surface area contributed by atoms with Gasteiger partial charge in [0, 0.05) is 30.1 Å². The van der Waals surface area contributed by atoms with E-state index in [4.69, 9.17) is 5.11 Å². The lowest BCUT2D eigenvalue weighted by Crippen LogP contribution is -1.91. The van der Waals surface area contributed by atoms with Crippen LogP contribution in [0.3, 0.4) is 0 Å². The summed E-state index contributed by atoms with van der Waals surface area (Å²) in [6.07, 6.45) is 3.71. The van der Waals surface area contributed by atoms with Crippen molar-refractivity contribution < 1.29 is 9.50 Å². The van der Waals surface area contributed by atoms with E-state index in [0.29, 0.717) is 28.5 Å². The summed E-state index contributed by atoms with van der Waals surface area (Å²) in [5.41, 5.74) is 1.20. The first kappa shape index (κ1) is 14.5. The molecule has 2 rings (SSSR count). The van der Waals surface area contributed by atoms with Crippen LogP contribution in [-0.2, 0) is 5.75 Å². The fourth-order valence-electron chi connectivity index (χ4n) is 1.46. The van der Waals surface area contributed by atoms with Crippen molar-refractivity contribution in [2.24, 2.45) is 0 Å². The van der Waals surface area contributed by atoms with Crippen molar-refractivity contribution in [1.82, 2.24) is 9.97 Å². The molecule has 0 aliphatic carbocycles. The van der Waals surface area contributed by atoms with Gasteiger partial charge in [-0.15, -0.1) is 0 Å². The van der Waals surface area contributed by atoms with Gasteiger partial charge in [-0.2, -0.15) is 0 Å². The van der Waals surface area contributed by atoms with E-state index in [1.165, 1.54) is 17.8 Å². The number of aliphatic hydroxyl groups excluding tert-OH is 1. The summed E-state index contributed by atoms with van der Waals surface area (Å²) in [5, 5.41) is 9.25. The van der Waals surface area contributed by atoms with Gasteiger partial charge in [0.1, 0.15) is 5.82 Å². The van der Waals surface area contributed by atoms with Gasteiger partial charge in [0.2, 0.25) is 0 Å². The maximum atomic E-state index is 13.9. The molecule has 1 heterocycles. The van der Waals surface area contributed by atoms with Crippen LogP contribution in [0.25, 0.3) is 0 Å². The summed E-state index contributed by atoms with van der Waals surface area (Å²) in [6, 6.07) is 6.64. The molecular weight excluding hydrogens is 275 g/mol. The van der Waals surface area contributed by atoms with Gasteiger partial charge in [0.15, 0.2) is 5.16 Å². The van der Waals surface area contributed by atoms with Crippen LogP contribution in [0, 0.1) is 17.7 Å². The molecule has 0 atom stereocenters. The molecule has 3 nitrogen and oxygen atoms in total. The minimum Gasteiger partial charge on any atom is -0.395 e. The normalized spacial score (nSPS) is 9.90. The molecule has 0 saturated heterocycles. The minimum absolute atomic E-state index is 0.0152. The van der Waals surface area contributed by atoms with Crippen molar-refractivity contribution in [1.29, 1.82) is 0 Å². The predicted molar refractivity (Wildman–Crippen MR) is 76.6 cm³/mol. The van der Waals surface area contributed by atoms with Crippen LogP contribution in [0.2, 0.25) is 0 Å². The molecule has 0 fully saturated rings. The third-order valence-corrected chi connectivity index (χ3v) is 3.35. The molecule has 0 amide bonds. The molecule has 1 aromatic heterocycles. The lowest BCUT2D eigenvalue weighted by Gasteiger charge is -2.02. The number of hydrogen-bond donors (Lipinski definition) is 1. The highest BCUT2D eigenvalue weighted by molar-refractivity contribution is 7.98. The topological polar surface area (TPSA) is 46.0 Å². The van der Waals surface area contributed by atoms with Crippen molar-refractivity contribution in [3.8, 4) is 11.8 Å². The van der Waals surface area contributed by atoms with E-state index < -0.39 is 0 Å². The van der Waals surface area contributed by atoms with Gasteiger partial charge in [0.05, 0.1) is 6.61 Å². The summed E-state index contributed by atoms with van der Waals surface area (Å²) >= 11 is 1.38. The van der Waals surface area contributed by atoms with Crippen molar-refractivity contribution in [3.63, 3.8) is 0 Å². The number of nitrogens with zero attached hydrogens (tertiary/aromatic N) is 2. The lowest BCUT2D eigenvalue weighted by atomic mass is 10.1. The summed E-state index contributed by atoms with van der Waals surface area (Å²) in [7, 11) is 0. The summed E-state index contributed by atoms with van der Waals surface area (Å²) in [6.45, 7) is 0.0152. The Morgan fingerprint density at radius 3 is 2.75 bits per heavy atom. The monoisotopic (exact) mass is 288 g/mol. The number of hydrogen-bond acceptors (Lipinski definition) is 4. The molecule has 2 aromatic rings. The van der Waals surface area contributed by atoms with Crippen LogP contribution >= 0.6 is 11.8 Å². The second-order valence-corrected chi connectivity index (χ2v) is 4.84. The molecule has 0 unspecified atom stereocenters. The fourth-order valence-corrected chi connectivity index (χ4v) is 2.25. The van der Waals surface area contributed by atoms with Gasteiger partial charge in [-0.05, 0) is 23.8 Å². The Morgan fingerprint density at radius 2 is 2.05 bits per heavy atom. The van der Waals surface area contributed by atoms with E-state index >= 15 is 0 Å². The highest BCUT2D eigenvalue weighted by Gasteiger charge is 2.04. The smallest absolute Gasteiger partial charge is 0.187 e. The summed E-state index contributed by atoms with van der Waals surface area (Å²) in [5.74, 6) is 5.75. The second kappa shape index (κ2) is 7.63. The molecule has 5 heteroatoms. The first-order valence-corrected chi connectivity index (χ1v) is 7.06. The average molecular weight is 288 g/mol. The van der Waals surface area contributed by atoms with Crippen molar-refractivity contribution in [2.45, 2.75) is 17.3 Å². The van der Waals surface area contributed by atoms with E-state index in [-0.39, 0.29) is 12.4 Å². The molecule has 0 aliphatic rings. The Kier molecular flexibility index (Phi) is 5.54. The van der Waals surface area contributed by atoms with Crippen molar-refractivity contribution >= 4 is 11.8 Å². The number of benzene rings is 1. The van der Waals surface area contributed by atoms with Crippen LogP contribution in [-0.4, -0.2) is 21.7 Å². The average Bonchev–Trinajstić information content (AvgIpc) is 2.48. The fraction of sp³-hybridized carbons (Fsp3) is 0.200.